The van der Waals surface area contributed by atoms with E-state index < -0.39 is 0 Å². The van der Waals surface area contributed by atoms with Gasteiger partial charge in [-0.1, -0.05) is 36.8 Å². The Morgan fingerprint density at radius 3 is 2.42 bits per heavy atom. The standard InChI is InChI=1S/C20H23NO3/c1-4-5-20(23)21-17-10-11-19(18(12-17)15(3)22)24-13-16-8-6-14(2)7-9-16/h6-12H,4-5,13H2,1-3H3,(H,21,23). The fourth-order valence-corrected chi connectivity index (χ4v) is 2.30. The van der Waals surface area contributed by atoms with Gasteiger partial charge < -0.3 is 10.1 Å². The highest BCUT2D eigenvalue weighted by Gasteiger charge is 2.11. The first-order valence-electron chi connectivity index (χ1n) is 8.12. The Morgan fingerprint density at radius 1 is 1.08 bits per heavy atom. The minimum Gasteiger partial charge on any atom is -0.488 e. The van der Waals surface area contributed by atoms with E-state index >= 15 is 0 Å². The Balaban J connectivity index is 2.12. The molecule has 0 bridgehead atoms. The fraction of sp³-hybridized carbons (Fsp3) is 0.300. The van der Waals surface area contributed by atoms with Crippen LogP contribution in [0, 0.1) is 6.92 Å². The van der Waals surface area contributed by atoms with Crippen LogP contribution in [-0.4, -0.2) is 11.7 Å². The van der Waals surface area contributed by atoms with Gasteiger partial charge in [0.1, 0.15) is 12.4 Å². The number of nitrogens with one attached hydrogen (secondary N) is 1. The quantitative estimate of drug-likeness (QED) is 0.762. The molecular formula is C20H23NO3. The normalized spacial score (nSPS) is 10.3. The van der Waals surface area contributed by atoms with E-state index in [1.807, 2.05) is 38.1 Å². The lowest BCUT2D eigenvalue weighted by Gasteiger charge is -2.12. The van der Waals surface area contributed by atoms with Gasteiger partial charge in [-0.05, 0) is 44.0 Å². The molecule has 1 amide bonds. The molecule has 0 fully saturated rings. The second-order valence-electron chi connectivity index (χ2n) is 5.84. The number of anilines is 1. The maximum absolute atomic E-state index is 11.9. The molecule has 0 radical (unpaired) electrons. The number of benzene rings is 2. The average molecular weight is 325 g/mol. The number of aryl methyl sites for hydroxylation is 1. The van der Waals surface area contributed by atoms with Crippen molar-refractivity contribution in [2.45, 2.75) is 40.2 Å². The third kappa shape index (κ3) is 4.95. The van der Waals surface area contributed by atoms with Crippen molar-refractivity contribution in [3.05, 3.63) is 59.2 Å². The third-order valence-electron chi connectivity index (χ3n) is 3.63. The second kappa shape index (κ2) is 8.29. The minimum atomic E-state index is -0.0968. The Bertz CT molecular complexity index is 720. The first-order chi connectivity index (χ1) is 11.5. The van der Waals surface area contributed by atoms with Gasteiger partial charge >= 0.3 is 0 Å². The van der Waals surface area contributed by atoms with Crippen molar-refractivity contribution in [2.24, 2.45) is 0 Å². The summed E-state index contributed by atoms with van der Waals surface area (Å²) < 4.78 is 5.80. The van der Waals surface area contributed by atoms with Crippen molar-refractivity contribution >= 4 is 17.4 Å². The van der Waals surface area contributed by atoms with E-state index in [0.717, 1.165) is 12.0 Å². The van der Waals surface area contributed by atoms with Crippen molar-refractivity contribution < 1.29 is 14.3 Å². The van der Waals surface area contributed by atoms with Gasteiger partial charge in [0.25, 0.3) is 0 Å². The summed E-state index contributed by atoms with van der Waals surface area (Å²) >= 11 is 0. The lowest BCUT2D eigenvalue weighted by molar-refractivity contribution is -0.116. The van der Waals surface area contributed by atoms with Gasteiger partial charge in [0.2, 0.25) is 5.91 Å². The highest BCUT2D eigenvalue weighted by Crippen LogP contribution is 2.24. The molecule has 0 aliphatic rings. The summed E-state index contributed by atoms with van der Waals surface area (Å²) in [5.41, 5.74) is 3.31. The Kier molecular flexibility index (Phi) is 6.13. The lowest BCUT2D eigenvalue weighted by Crippen LogP contribution is -2.11. The lowest BCUT2D eigenvalue weighted by atomic mass is 10.1. The molecule has 0 saturated carbocycles. The van der Waals surface area contributed by atoms with E-state index in [9.17, 15) is 9.59 Å². The Morgan fingerprint density at radius 2 is 1.79 bits per heavy atom. The van der Waals surface area contributed by atoms with Gasteiger partial charge in [0.15, 0.2) is 5.78 Å². The second-order valence-corrected chi connectivity index (χ2v) is 5.84. The molecule has 126 valence electrons. The van der Waals surface area contributed by atoms with Crippen LogP contribution in [0.5, 0.6) is 5.75 Å². The molecule has 0 aliphatic carbocycles. The number of ketones is 1. The average Bonchev–Trinajstić information content (AvgIpc) is 2.55. The maximum atomic E-state index is 11.9. The van der Waals surface area contributed by atoms with Crippen molar-refractivity contribution in [2.75, 3.05) is 5.32 Å². The third-order valence-corrected chi connectivity index (χ3v) is 3.63. The smallest absolute Gasteiger partial charge is 0.224 e. The van der Waals surface area contributed by atoms with Crippen molar-refractivity contribution in [3.8, 4) is 5.75 Å². The van der Waals surface area contributed by atoms with Crippen molar-refractivity contribution in [3.63, 3.8) is 0 Å². The topological polar surface area (TPSA) is 55.4 Å². The zero-order valence-corrected chi connectivity index (χ0v) is 14.4. The molecule has 0 aromatic heterocycles. The molecule has 24 heavy (non-hydrogen) atoms. The summed E-state index contributed by atoms with van der Waals surface area (Å²) in [5, 5.41) is 2.80. The molecule has 2 rings (SSSR count). The van der Waals surface area contributed by atoms with Crippen LogP contribution in [0.4, 0.5) is 5.69 Å². The molecule has 2 aromatic rings. The van der Waals surface area contributed by atoms with Crippen molar-refractivity contribution in [1.82, 2.24) is 0 Å². The minimum absolute atomic E-state index is 0.0553. The van der Waals surface area contributed by atoms with E-state index in [1.54, 1.807) is 18.2 Å². The van der Waals surface area contributed by atoms with Gasteiger partial charge in [-0.3, -0.25) is 9.59 Å². The summed E-state index contributed by atoms with van der Waals surface area (Å²) in [5.74, 6) is 0.373. The predicted molar refractivity (Wildman–Crippen MR) is 95.5 cm³/mol. The maximum Gasteiger partial charge on any atom is 0.224 e. The van der Waals surface area contributed by atoms with Gasteiger partial charge in [0.05, 0.1) is 5.56 Å². The number of carbonyl (C=O) groups is 2. The first kappa shape index (κ1) is 17.7. The van der Waals surface area contributed by atoms with Crippen LogP contribution in [0.2, 0.25) is 0 Å². The zero-order valence-electron chi connectivity index (χ0n) is 14.4. The molecule has 0 saturated heterocycles. The van der Waals surface area contributed by atoms with Crippen LogP contribution >= 0.6 is 0 Å². The number of Topliss-reactive ketones (excluding diaryl/α,β-unsaturated/α-hetero) is 1. The zero-order chi connectivity index (χ0) is 17.5. The monoisotopic (exact) mass is 325 g/mol. The molecule has 0 spiro atoms. The van der Waals surface area contributed by atoms with Crippen molar-refractivity contribution in [1.29, 1.82) is 0 Å². The van der Waals surface area contributed by atoms with Gasteiger partial charge in [-0.2, -0.15) is 0 Å². The molecule has 0 heterocycles. The molecule has 0 unspecified atom stereocenters. The summed E-state index contributed by atoms with van der Waals surface area (Å²) in [6, 6.07) is 13.2. The molecule has 2 aromatic carbocycles. The summed E-state index contributed by atoms with van der Waals surface area (Å²) in [4.78, 5) is 23.6. The number of hydrogen-bond donors (Lipinski definition) is 1. The molecule has 0 aliphatic heterocycles. The van der Waals surface area contributed by atoms with Crippen LogP contribution in [0.1, 0.15) is 48.2 Å². The summed E-state index contributed by atoms with van der Waals surface area (Å²) in [7, 11) is 0. The Hall–Kier alpha value is -2.62. The number of carbonyl (C=O) groups excluding carboxylic acids is 2. The molecule has 1 N–H and O–H groups in total. The van der Waals surface area contributed by atoms with E-state index in [-0.39, 0.29) is 11.7 Å². The van der Waals surface area contributed by atoms with Crippen LogP contribution in [0.15, 0.2) is 42.5 Å². The fourth-order valence-electron chi connectivity index (χ4n) is 2.30. The SMILES string of the molecule is CCCC(=O)Nc1ccc(OCc2ccc(C)cc2)c(C(C)=O)c1. The molecule has 4 nitrogen and oxygen atoms in total. The molecular weight excluding hydrogens is 302 g/mol. The van der Waals surface area contributed by atoms with Crippen LogP contribution in [0.3, 0.4) is 0 Å². The van der Waals surface area contributed by atoms with E-state index in [2.05, 4.69) is 5.32 Å². The van der Waals surface area contributed by atoms with Crippen LogP contribution in [0.25, 0.3) is 0 Å². The van der Waals surface area contributed by atoms with Gasteiger partial charge in [0, 0.05) is 12.1 Å². The molecule has 4 heteroatoms. The van der Waals surface area contributed by atoms with Crippen LogP contribution in [-0.2, 0) is 11.4 Å². The first-order valence-corrected chi connectivity index (χ1v) is 8.12. The largest absolute Gasteiger partial charge is 0.488 e. The van der Waals surface area contributed by atoms with E-state index in [0.29, 0.717) is 30.0 Å². The highest BCUT2D eigenvalue weighted by molar-refractivity contribution is 5.99. The van der Waals surface area contributed by atoms with E-state index in [4.69, 9.17) is 4.74 Å². The highest BCUT2D eigenvalue weighted by atomic mass is 16.5. The van der Waals surface area contributed by atoms with Gasteiger partial charge in [-0.25, -0.2) is 0 Å². The van der Waals surface area contributed by atoms with E-state index in [1.165, 1.54) is 12.5 Å². The number of amides is 1. The predicted octanol–water partition coefficient (Wildman–Crippen LogP) is 4.52. The summed E-state index contributed by atoms with van der Waals surface area (Å²) in [6.45, 7) is 5.86. The summed E-state index contributed by atoms with van der Waals surface area (Å²) in [6.07, 6.45) is 1.24. The van der Waals surface area contributed by atoms with Crippen LogP contribution < -0.4 is 10.1 Å². The molecule has 0 atom stereocenters. The number of hydrogen-bond acceptors (Lipinski definition) is 3. The Labute approximate surface area is 142 Å². The number of rotatable bonds is 7. The van der Waals surface area contributed by atoms with Gasteiger partial charge in [-0.15, -0.1) is 0 Å². The number of ether oxygens (including phenoxy) is 1.